The van der Waals surface area contributed by atoms with E-state index in [4.69, 9.17) is 0 Å². The number of hydrogen-bond donors (Lipinski definition) is 0. The van der Waals surface area contributed by atoms with E-state index in [0.717, 1.165) is 17.4 Å². The number of aldehydes is 1. The first-order valence-corrected chi connectivity index (χ1v) is 8.60. The Morgan fingerprint density at radius 2 is 1.82 bits per heavy atom. The van der Waals surface area contributed by atoms with Crippen molar-refractivity contribution in [2.24, 2.45) is 0 Å². The quantitative estimate of drug-likeness (QED) is 0.815. The Kier molecular flexibility index (Phi) is 3.74. The van der Waals surface area contributed by atoms with Gasteiger partial charge < -0.3 is 4.79 Å². The summed E-state index contributed by atoms with van der Waals surface area (Å²) in [4.78, 5) is 11.2. The molecule has 0 bridgehead atoms. The average molecular weight is 315 g/mol. The third kappa shape index (κ3) is 2.41. The van der Waals surface area contributed by atoms with E-state index in [9.17, 15) is 13.2 Å². The molecule has 1 unspecified atom stereocenters. The number of rotatable bonds is 4. The van der Waals surface area contributed by atoms with Gasteiger partial charge in [0, 0.05) is 6.42 Å². The number of benzene rings is 2. The molecule has 0 aliphatic carbocycles. The highest BCUT2D eigenvalue weighted by Crippen LogP contribution is 2.37. The lowest BCUT2D eigenvalue weighted by Crippen LogP contribution is -2.37. The lowest BCUT2D eigenvalue weighted by molar-refractivity contribution is -0.108. The smallest absolute Gasteiger partial charge is 0.264 e. The summed E-state index contributed by atoms with van der Waals surface area (Å²) in [7, 11) is -3.67. The Bertz CT molecular complexity index is 797. The average Bonchev–Trinajstić information content (AvgIpc) is 2.86. The van der Waals surface area contributed by atoms with Crippen LogP contribution in [-0.4, -0.2) is 20.7 Å². The summed E-state index contributed by atoms with van der Waals surface area (Å²) < 4.78 is 27.4. The van der Waals surface area contributed by atoms with Crippen molar-refractivity contribution in [1.82, 2.24) is 0 Å². The van der Waals surface area contributed by atoms with E-state index < -0.39 is 10.0 Å². The van der Waals surface area contributed by atoms with E-state index in [0.29, 0.717) is 12.1 Å². The first-order valence-electron chi connectivity index (χ1n) is 7.16. The molecule has 2 aromatic rings. The van der Waals surface area contributed by atoms with Crippen molar-refractivity contribution in [2.75, 3.05) is 4.31 Å². The van der Waals surface area contributed by atoms with Crippen LogP contribution in [0.3, 0.4) is 0 Å². The van der Waals surface area contributed by atoms with E-state index >= 15 is 0 Å². The second kappa shape index (κ2) is 5.57. The molecule has 0 saturated heterocycles. The topological polar surface area (TPSA) is 54.5 Å². The zero-order valence-electron chi connectivity index (χ0n) is 12.3. The fraction of sp³-hybridized carbons (Fsp3) is 0.235. The van der Waals surface area contributed by atoms with Crippen LogP contribution in [0.1, 0.15) is 17.5 Å². The van der Waals surface area contributed by atoms with Gasteiger partial charge in [-0.25, -0.2) is 8.42 Å². The summed E-state index contributed by atoms with van der Waals surface area (Å²) in [5.41, 5.74) is 2.64. The number of hydrogen-bond acceptors (Lipinski definition) is 3. The maximum absolute atomic E-state index is 13.0. The molecule has 1 atom stereocenters. The Balaban J connectivity index is 2.10. The minimum absolute atomic E-state index is 0.194. The van der Waals surface area contributed by atoms with Crippen LogP contribution in [0.5, 0.6) is 0 Å². The molecule has 114 valence electrons. The molecule has 0 spiro atoms. The van der Waals surface area contributed by atoms with Crippen LogP contribution < -0.4 is 4.31 Å². The Labute approximate surface area is 130 Å². The van der Waals surface area contributed by atoms with Crippen molar-refractivity contribution in [3.05, 3.63) is 59.7 Å². The van der Waals surface area contributed by atoms with E-state index in [1.807, 2.05) is 25.1 Å². The first kappa shape index (κ1) is 14.8. The van der Waals surface area contributed by atoms with Crippen LogP contribution in [0.4, 0.5) is 5.69 Å². The van der Waals surface area contributed by atoms with Gasteiger partial charge in [0.05, 0.1) is 16.6 Å². The molecular weight excluding hydrogens is 298 g/mol. The second-order valence-electron chi connectivity index (χ2n) is 5.50. The molecule has 0 N–H and O–H groups in total. The highest BCUT2D eigenvalue weighted by Gasteiger charge is 2.37. The van der Waals surface area contributed by atoms with Gasteiger partial charge in [0.2, 0.25) is 0 Å². The number of fused-ring (bicyclic) bond motifs is 1. The molecule has 0 fully saturated rings. The standard InChI is InChI=1S/C17H17NO3S/c1-13-6-8-16(9-7-13)22(20,21)18-15(10-11-19)12-14-4-2-3-5-17(14)18/h2-9,11,15H,10,12H2,1H3. The minimum Gasteiger partial charge on any atom is -0.303 e. The van der Waals surface area contributed by atoms with Gasteiger partial charge in [0.1, 0.15) is 6.29 Å². The monoisotopic (exact) mass is 315 g/mol. The molecule has 4 nitrogen and oxygen atoms in total. The molecular formula is C17H17NO3S. The van der Waals surface area contributed by atoms with E-state index in [2.05, 4.69) is 0 Å². The molecule has 1 aliphatic heterocycles. The molecule has 0 saturated carbocycles. The molecule has 0 aromatic heterocycles. The summed E-state index contributed by atoms with van der Waals surface area (Å²) in [6.45, 7) is 1.91. The Morgan fingerprint density at radius 3 is 2.50 bits per heavy atom. The van der Waals surface area contributed by atoms with Crippen LogP contribution in [0.15, 0.2) is 53.4 Å². The van der Waals surface area contributed by atoms with E-state index in [1.54, 1.807) is 30.3 Å². The number of aryl methyl sites for hydroxylation is 1. The van der Waals surface area contributed by atoms with Crippen LogP contribution in [-0.2, 0) is 21.2 Å². The highest BCUT2D eigenvalue weighted by molar-refractivity contribution is 7.92. The third-order valence-electron chi connectivity index (χ3n) is 3.96. The maximum Gasteiger partial charge on any atom is 0.264 e. The van der Waals surface area contributed by atoms with Gasteiger partial charge in [-0.2, -0.15) is 0 Å². The van der Waals surface area contributed by atoms with Crippen LogP contribution >= 0.6 is 0 Å². The lowest BCUT2D eigenvalue weighted by Gasteiger charge is -2.26. The first-order chi connectivity index (χ1) is 10.5. The van der Waals surface area contributed by atoms with Gasteiger partial charge in [-0.1, -0.05) is 35.9 Å². The van der Waals surface area contributed by atoms with Crippen LogP contribution in [0.25, 0.3) is 0 Å². The van der Waals surface area contributed by atoms with Crippen molar-refractivity contribution in [3.8, 4) is 0 Å². The highest BCUT2D eigenvalue weighted by atomic mass is 32.2. The van der Waals surface area contributed by atoms with Crippen molar-refractivity contribution in [3.63, 3.8) is 0 Å². The van der Waals surface area contributed by atoms with Gasteiger partial charge in [0.15, 0.2) is 0 Å². The molecule has 3 rings (SSSR count). The molecule has 2 aromatic carbocycles. The van der Waals surface area contributed by atoms with Gasteiger partial charge >= 0.3 is 0 Å². The Hall–Kier alpha value is -2.14. The summed E-state index contributed by atoms with van der Waals surface area (Å²) in [6.07, 6.45) is 1.55. The molecule has 1 heterocycles. The number of carbonyl (C=O) groups excluding carboxylic acids is 1. The minimum atomic E-state index is -3.67. The molecule has 0 radical (unpaired) electrons. The van der Waals surface area contributed by atoms with Crippen molar-refractivity contribution < 1.29 is 13.2 Å². The zero-order chi connectivity index (χ0) is 15.7. The molecule has 5 heteroatoms. The number of anilines is 1. The zero-order valence-corrected chi connectivity index (χ0v) is 13.1. The molecule has 1 aliphatic rings. The van der Waals surface area contributed by atoms with Crippen molar-refractivity contribution in [1.29, 1.82) is 0 Å². The fourth-order valence-electron chi connectivity index (χ4n) is 2.87. The van der Waals surface area contributed by atoms with E-state index in [1.165, 1.54) is 4.31 Å². The SMILES string of the molecule is Cc1ccc(S(=O)(=O)N2c3ccccc3CC2CC=O)cc1. The fourth-order valence-corrected chi connectivity index (χ4v) is 4.57. The molecule has 22 heavy (non-hydrogen) atoms. The normalized spacial score (nSPS) is 17.3. The number of nitrogens with zero attached hydrogens (tertiary/aromatic N) is 1. The third-order valence-corrected chi connectivity index (χ3v) is 5.84. The Morgan fingerprint density at radius 1 is 1.14 bits per heavy atom. The second-order valence-corrected chi connectivity index (χ2v) is 7.32. The maximum atomic E-state index is 13.0. The van der Waals surface area contributed by atoms with Crippen LogP contribution in [0, 0.1) is 6.92 Å². The van der Waals surface area contributed by atoms with Gasteiger partial charge in [-0.15, -0.1) is 0 Å². The van der Waals surface area contributed by atoms with Crippen molar-refractivity contribution in [2.45, 2.75) is 30.7 Å². The summed E-state index contributed by atoms with van der Waals surface area (Å²) >= 11 is 0. The number of sulfonamides is 1. The molecule has 0 amide bonds. The largest absolute Gasteiger partial charge is 0.303 e. The summed E-state index contributed by atoms with van der Waals surface area (Å²) in [5.74, 6) is 0. The summed E-state index contributed by atoms with van der Waals surface area (Å²) in [6, 6.07) is 13.9. The predicted molar refractivity (Wildman–Crippen MR) is 85.5 cm³/mol. The predicted octanol–water partition coefficient (Wildman–Crippen LogP) is 2.70. The number of carbonyl (C=O) groups is 1. The number of para-hydroxylation sites is 1. The van der Waals surface area contributed by atoms with Gasteiger partial charge in [-0.3, -0.25) is 4.31 Å². The van der Waals surface area contributed by atoms with Gasteiger partial charge in [0.25, 0.3) is 10.0 Å². The van der Waals surface area contributed by atoms with E-state index in [-0.39, 0.29) is 17.4 Å². The van der Waals surface area contributed by atoms with Gasteiger partial charge in [-0.05, 0) is 37.1 Å². The summed E-state index contributed by atoms with van der Waals surface area (Å²) in [5, 5.41) is 0. The lowest BCUT2D eigenvalue weighted by atomic mass is 10.1. The van der Waals surface area contributed by atoms with Crippen LogP contribution in [0.2, 0.25) is 0 Å². The van der Waals surface area contributed by atoms with Crippen molar-refractivity contribution >= 4 is 22.0 Å².